The summed E-state index contributed by atoms with van der Waals surface area (Å²) in [7, 11) is 0. The van der Waals surface area contributed by atoms with Gasteiger partial charge in [0.05, 0.1) is 12.0 Å². The first-order chi connectivity index (χ1) is 6.11. The van der Waals surface area contributed by atoms with Crippen LogP contribution < -0.4 is 0 Å². The van der Waals surface area contributed by atoms with Crippen molar-refractivity contribution in [3.63, 3.8) is 0 Å². The molecule has 2 unspecified atom stereocenters. The molecule has 1 aliphatic heterocycles. The SMILES string of the molecule is CC(C)COC1CSCC1C(=O)O. The highest BCUT2D eigenvalue weighted by Crippen LogP contribution is 2.27. The van der Waals surface area contributed by atoms with Gasteiger partial charge in [-0.3, -0.25) is 4.79 Å². The second kappa shape index (κ2) is 4.86. The third-order valence-corrected chi connectivity index (χ3v) is 3.15. The minimum Gasteiger partial charge on any atom is -0.481 e. The van der Waals surface area contributed by atoms with E-state index < -0.39 is 5.97 Å². The molecule has 0 aromatic heterocycles. The van der Waals surface area contributed by atoms with E-state index in [0.717, 1.165) is 5.75 Å². The Morgan fingerprint density at radius 2 is 2.31 bits per heavy atom. The van der Waals surface area contributed by atoms with E-state index in [1.165, 1.54) is 0 Å². The first kappa shape index (κ1) is 10.9. The Kier molecular flexibility index (Phi) is 4.06. The van der Waals surface area contributed by atoms with Gasteiger partial charge in [0.15, 0.2) is 0 Å². The third kappa shape index (κ3) is 3.19. The summed E-state index contributed by atoms with van der Waals surface area (Å²) in [6.07, 6.45) is -0.0788. The van der Waals surface area contributed by atoms with Crippen molar-refractivity contribution in [2.24, 2.45) is 11.8 Å². The van der Waals surface area contributed by atoms with Crippen molar-refractivity contribution in [1.82, 2.24) is 0 Å². The highest BCUT2D eigenvalue weighted by atomic mass is 32.2. The lowest BCUT2D eigenvalue weighted by Crippen LogP contribution is -2.30. The molecule has 0 radical (unpaired) electrons. The second-order valence-corrected chi connectivity index (χ2v) is 4.82. The summed E-state index contributed by atoms with van der Waals surface area (Å²) in [5.74, 6) is 0.962. The van der Waals surface area contributed by atoms with Crippen LogP contribution in [0.3, 0.4) is 0 Å². The summed E-state index contributed by atoms with van der Waals surface area (Å²) in [5.41, 5.74) is 0. The van der Waals surface area contributed by atoms with Gasteiger partial charge in [0.1, 0.15) is 0 Å². The molecule has 1 aliphatic rings. The molecule has 1 N–H and O–H groups in total. The van der Waals surface area contributed by atoms with Gasteiger partial charge in [-0.25, -0.2) is 0 Å². The number of carbonyl (C=O) groups is 1. The zero-order valence-electron chi connectivity index (χ0n) is 8.03. The molecule has 1 saturated heterocycles. The van der Waals surface area contributed by atoms with Crippen LogP contribution in [0, 0.1) is 11.8 Å². The van der Waals surface area contributed by atoms with Crippen molar-refractivity contribution in [2.45, 2.75) is 20.0 Å². The summed E-state index contributed by atoms with van der Waals surface area (Å²) in [5, 5.41) is 8.86. The Balaban J connectivity index is 2.35. The minimum absolute atomic E-state index is 0.0788. The third-order valence-electron chi connectivity index (χ3n) is 1.99. The van der Waals surface area contributed by atoms with Gasteiger partial charge in [-0.15, -0.1) is 0 Å². The predicted octanol–water partition coefficient (Wildman–Crippen LogP) is 1.48. The van der Waals surface area contributed by atoms with Crippen molar-refractivity contribution in [3.8, 4) is 0 Å². The zero-order chi connectivity index (χ0) is 9.84. The van der Waals surface area contributed by atoms with Crippen LogP contribution in [0.4, 0.5) is 0 Å². The Labute approximate surface area is 82.8 Å². The normalized spacial score (nSPS) is 28.2. The van der Waals surface area contributed by atoms with E-state index in [0.29, 0.717) is 18.3 Å². The fourth-order valence-corrected chi connectivity index (χ4v) is 2.55. The molecule has 13 heavy (non-hydrogen) atoms. The fourth-order valence-electron chi connectivity index (χ4n) is 1.25. The average Bonchev–Trinajstić information content (AvgIpc) is 2.47. The summed E-state index contributed by atoms with van der Waals surface area (Å²) < 4.78 is 5.54. The number of aliphatic carboxylic acids is 1. The van der Waals surface area contributed by atoms with E-state index in [-0.39, 0.29) is 12.0 Å². The van der Waals surface area contributed by atoms with E-state index in [4.69, 9.17) is 9.84 Å². The lowest BCUT2D eigenvalue weighted by Gasteiger charge is -2.17. The number of carboxylic acid groups (broad SMARTS) is 1. The lowest BCUT2D eigenvalue weighted by molar-refractivity contribution is -0.145. The number of hydrogen-bond acceptors (Lipinski definition) is 3. The molecule has 0 bridgehead atoms. The Morgan fingerprint density at radius 1 is 1.62 bits per heavy atom. The smallest absolute Gasteiger partial charge is 0.310 e. The summed E-state index contributed by atoms with van der Waals surface area (Å²) >= 11 is 1.66. The standard InChI is InChI=1S/C9H16O3S/c1-6(2)3-12-8-5-13-4-7(8)9(10)11/h6-8H,3-5H2,1-2H3,(H,10,11). The molecule has 0 aliphatic carbocycles. The maximum Gasteiger partial charge on any atom is 0.310 e. The molecule has 1 rings (SSSR count). The average molecular weight is 204 g/mol. The molecule has 0 aromatic carbocycles. The van der Waals surface area contributed by atoms with E-state index in [2.05, 4.69) is 13.8 Å². The topological polar surface area (TPSA) is 46.5 Å². The highest BCUT2D eigenvalue weighted by molar-refractivity contribution is 7.99. The van der Waals surface area contributed by atoms with Crippen LogP contribution in [-0.4, -0.2) is 35.3 Å². The van der Waals surface area contributed by atoms with Crippen LogP contribution in [0.5, 0.6) is 0 Å². The number of hydrogen-bond donors (Lipinski definition) is 1. The molecule has 0 saturated carbocycles. The number of ether oxygens (including phenoxy) is 1. The number of carboxylic acids is 1. The molecule has 1 fully saturated rings. The minimum atomic E-state index is -0.723. The largest absolute Gasteiger partial charge is 0.481 e. The zero-order valence-corrected chi connectivity index (χ0v) is 8.84. The van der Waals surface area contributed by atoms with Gasteiger partial charge in [-0.1, -0.05) is 13.8 Å². The quantitative estimate of drug-likeness (QED) is 0.753. The molecule has 2 atom stereocenters. The molecule has 3 nitrogen and oxygen atoms in total. The molecular weight excluding hydrogens is 188 g/mol. The number of thioether (sulfide) groups is 1. The van der Waals surface area contributed by atoms with Crippen molar-refractivity contribution in [3.05, 3.63) is 0 Å². The summed E-state index contributed by atoms with van der Waals surface area (Å²) in [6.45, 7) is 4.80. The molecule has 0 aromatic rings. The van der Waals surface area contributed by atoms with Crippen LogP contribution in [0.2, 0.25) is 0 Å². The van der Waals surface area contributed by atoms with Gasteiger partial charge in [0.25, 0.3) is 0 Å². The van der Waals surface area contributed by atoms with Crippen LogP contribution in [0.25, 0.3) is 0 Å². The van der Waals surface area contributed by atoms with Gasteiger partial charge in [-0.2, -0.15) is 11.8 Å². The molecule has 4 heteroatoms. The van der Waals surface area contributed by atoms with Crippen molar-refractivity contribution in [2.75, 3.05) is 18.1 Å². The van der Waals surface area contributed by atoms with Gasteiger partial charge < -0.3 is 9.84 Å². The monoisotopic (exact) mass is 204 g/mol. The Hall–Kier alpha value is -0.220. The van der Waals surface area contributed by atoms with E-state index in [1.54, 1.807) is 11.8 Å². The van der Waals surface area contributed by atoms with E-state index in [9.17, 15) is 4.79 Å². The van der Waals surface area contributed by atoms with Gasteiger partial charge >= 0.3 is 5.97 Å². The first-order valence-electron chi connectivity index (χ1n) is 4.53. The molecule has 76 valence electrons. The summed E-state index contributed by atoms with van der Waals surface area (Å²) in [6, 6.07) is 0. The van der Waals surface area contributed by atoms with Crippen LogP contribution >= 0.6 is 11.8 Å². The van der Waals surface area contributed by atoms with Crippen molar-refractivity contribution in [1.29, 1.82) is 0 Å². The maximum atomic E-state index is 10.8. The fraction of sp³-hybridized carbons (Fsp3) is 0.889. The predicted molar refractivity (Wildman–Crippen MR) is 53.0 cm³/mol. The summed E-state index contributed by atoms with van der Waals surface area (Å²) in [4.78, 5) is 10.8. The molecule has 1 heterocycles. The Morgan fingerprint density at radius 3 is 2.85 bits per heavy atom. The van der Waals surface area contributed by atoms with Crippen LogP contribution in [-0.2, 0) is 9.53 Å². The van der Waals surface area contributed by atoms with Crippen molar-refractivity contribution >= 4 is 17.7 Å². The molecule has 0 amide bonds. The van der Waals surface area contributed by atoms with Crippen molar-refractivity contribution < 1.29 is 14.6 Å². The van der Waals surface area contributed by atoms with Gasteiger partial charge in [0.2, 0.25) is 0 Å². The highest BCUT2D eigenvalue weighted by Gasteiger charge is 2.34. The van der Waals surface area contributed by atoms with Gasteiger partial charge in [-0.05, 0) is 5.92 Å². The number of rotatable bonds is 4. The lowest BCUT2D eigenvalue weighted by atomic mass is 10.1. The second-order valence-electron chi connectivity index (χ2n) is 3.75. The van der Waals surface area contributed by atoms with Crippen LogP contribution in [0.15, 0.2) is 0 Å². The molecular formula is C9H16O3S. The first-order valence-corrected chi connectivity index (χ1v) is 5.69. The van der Waals surface area contributed by atoms with Gasteiger partial charge in [0, 0.05) is 18.1 Å². The Bertz CT molecular complexity index is 182. The van der Waals surface area contributed by atoms with E-state index in [1.807, 2.05) is 0 Å². The molecule has 0 spiro atoms. The maximum absolute atomic E-state index is 10.8. The van der Waals surface area contributed by atoms with E-state index >= 15 is 0 Å². The van der Waals surface area contributed by atoms with Crippen LogP contribution in [0.1, 0.15) is 13.8 Å².